The molecule has 2 aliphatic rings. The minimum absolute atomic E-state index is 0.247. The molecule has 1 aromatic carbocycles. The van der Waals surface area contributed by atoms with Gasteiger partial charge in [0.25, 0.3) is 0 Å². The van der Waals surface area contributed by atoms with E-state index in [0.717, 1.165) is 37.4 Å². The second-order valence-electron chi connectivity index (χ2n) is 5.74. The molecule has 2 unspecified atom stereocenters. The van der Waals surface area contributed by atoms with Crippen LogP contribution in [0.25, 0.3) is 0 Å². The Morgan fingerprint density at radius 3 is 3.20 bits per heavy atom. The van der Waals surface area contributed by atoms with Crippen LogP contribution in [0.2, 0.25) is 0 Å². The van der Waals surface area contributed by atoms with Gasteiger partial charge < -0.3 is 15.0 Å². The van der Waals surface area contributed by atoms with Gasteiger partial charge in [0, 0.05) is 25.7 Å². The van der Waals surface area contributed by atoms with Crippen LogP contribution in [0.1, 0.15) is 18.4 Å². The first-order valence-electron chi connectivity index (χ1n) is 7.41. The molecular weight excluding hydrogens is 252 g/mol. The van der Waals surface area contributed by atoms with Gasteiger partial charge in [-0.2, -0.15) is 0 Å². The molecule has 2 saturated heterocycles. The predicted molar refractivity (Wildman–Crippen MR) is 77.8 cm³/mol. The van der Waals surface area contributed by atoms with Gasteiger partial charge in [0.1, 0.15) is 5.75 Å². The minimum atomic E-state index is 0.247. The van der Waals surface area contributed by atoms with Crippen LogP contribution in [0.3, 0.4) is 0 Å². The molecule has 0 aliphatic carbocycles. The molecule has 1 N–H and O–H groups in total. The first-order chi connectivity index (χ1) is 9.78. The van der Waals surface area contributed by atoms with Crippen LogP contribution < -0.4 is 10.1 Å². The molecule has 1 amide bonds. The van der Waals surface area contributed by atoms with E-state index in [9.17, 15) is 4.79 Å². The average Bonchev–Trinajstić information content (AvgIpc) is 2.95. The molecule has 20 heavy (non-hydrogen) atoms. The summed E-state index contributed by atoms with van der Waals surface area (Å²) < 4.78 is 5.22. The average molecular weight is 274 g/mol. The Balaban J connectivity index is 1.68. The second kappa shape index (κ2) is 5.83. The number of rotatable bonds is 3. The van der Waals surface area contributed by atoms with Gasteiger partial charge in [-0.05, 0) is 36.5 Å². The summed E-state index contributed by atoms with van der Waals surface area (Å²) in [5.74, 6) is 1.71. The number of carbonyl (C=O) groups is 1. The number of nitrogens with zero attached hydrogens (tertiary/aromatic N) is 1. The van der Waals surface area contributed by atoms with Crippen LogP contribution in [0.4, 0.5) is 0 Å². The number of amides is 1. The highest BCUT2D eigenvalue weighted by Crippen LogP contribution is 2.27. The molecule has 4 nitrogen and oxygen atoms in total. The van der Waals surface area contributed by atoms with Crippen molar-refractivity contribution in [1.29, 1.82) is 0 Å². The van der Waals surface area contributed by atoms with Gasteiger partial charge in [-0.1, -0.05) is 12.1 Å². The predicted octanol–water partition coefficient (Wildman–Crippen LogP) is 1.45. The molecule has 0 aromatic heterocycles. The molecule has 0 bridgehead atoms. The van der Waals surface area contributed by atoms with E-state index in [1.807, 2.05) is 24.3 Å². The third-order valence-corrected chi connectivity index (χ3v) is 4.49. The van der Waals surface area contributed by atoms with Gasteiger partial charge in [0.2, 0.25) is 5.91 Å². The lowest BCUT2D eigenvalue weighted by molar-refractivity contribution is -0.134. The van der Waals surface area contributed by atoms with E-state index in [4.69, 9.17) is 4.74 Å². The lowest BCUT2D eigenvalue weighted by Crippen LogP contribution is -2.48. The molecule has 0 spiro atoms. The Hall–Kier alpha value is -1.55. The highest BCUT2D eigenvalue weighted by molar-refractivity contribution is 5.79. The van der Waals surface area contributed by atoms with Crippen LogP contribution in [-0.2, 0) is 11.2 Å². The quantitative estimate of drug-likeness (QED) is 0.907. The Morgan fingerprint density at radius 2 is 2.35 bits per heavy atom. The van der Waals surface area contributed by atoms with Crippen molar-refractivity contribution in [3.8, 4) is 5.75 Å². The van der Waals surface area contributed by atoms with Crippen LogP contribution in [0.5, 0.6) is 5.75 Å². The summed E-state index contributed by atoms with van der Waals surface area (Å²) in [7, 11) is 1.65. The highest BCUT2D eigenvalue weighted by Gasteiger charge is 2.37. The second-order valence-corrected chi connectivity index (χ2v) is 5.74. The number of fused-ring (bicyclic) bond motifs is 1. The molecule has 108 valence electrons. The number of carbonyl (C=O) groups excluding carboxylic acids is 1. The van der Waals surface area contributed by atoms with E-state index >= 15 is 0 Å². The van der Waals surface area contributed by atoms with Crippen molar-refractivity contribution in [2.75, 3.05) is 26.7 Å². The SMILES string of the molecule is COc1cccc(CC(=O)N2CCCC3CNCC32)c1. The van der Waals surface area contributed by atoms with Crippen LogP contribution >= 0.6 is 0 Å². The molecule has 0 radical (unpaired) electrons. The Labute approximate surface area is 120 Å². The van der Waals surface area contributed by atoms with Gasteiger partial charge >= 0.3 is 0 Å². The van der Waals surface area contributed by atoms with Gasteiger partial charge in [0.15, 0.2) is 0 Å². The van der Waals surface area contributed by atoms with Gasteiger partial charge in [-0.25, -0.2) is 0 Å². The number of nitrogens with one attached hydrogen (secondary N) is 1. The fourth-order valence-corrected chi connectivity index (χ4v) is 3.44. The van der Waals surface area contributed by atoms with Crippen molar-refractivity contribution in [2.45, 2.75) is 25.3 Å². The molecule has 2 aliphatic heterocycles. The lowest BCUT2D eigenvalue weighted by atomic mass is 9.91. The number of likely N-dealkylation sites (tertiary alicyclic amines) is 1. The first kappa shape index (κ1) is 13.4. The maximum Gasteiger partial charge on any atom is 0.227 e. The van der Waals surface area contributed by atoms with Crippen LogP contribution in [0, 0.1) is 5.92 Å². The zero-order valence-corrected chi connectivity index (χ0v) is 12.0. The number of hydrogen-bond acceptors (Lipinski definition) is 3. The molecule has 3 rings (SSSR count). The van der Waals surface area contributed by atoms with Crippen LogP contribution in [-0.4, -0.2) is 43.6 Å². The number of piperidine rings is 1. The summed E-state index contributed by atoms with van der Waals surface area (Å²) in [4.78, 5) is 14.7. The van der Waals surface area contributed by atoms with Gasteiger partial charge in [-0.15, -0.1) is 0 Å². The third kappa shape index (κ3) is 2.66. The summed E-state index contributed by atoms with van der Waals surface area (Å²) in [5, 5.41) is 3.42. The topological polar surface area (TPSA) is 41.6 Å². The summed E-state index contributed by atoms with van der Waals surface area (Å²) in [6.45, 7) is 2.92. The number of benzene rings is 1. The summed E-state index contributed by atoms with van der Waals surface area (Å²) in [6, 6.07) is 8.20. The summed E-state index contributed by atoms with van der Waals surface area (Å²) >= 11 is 0. The van der Waals surface area contributed by atoms with E-state index in [-0.39, 0.29) is 5.91 Å². The molecule has 0 saturated carbocycles. The summed E-state index contributed by atoms with van der Waals surface area (Å²) in [6.07, 6.45) is 2.85. The van der Waals surface area contributed by atoms with E-state index in [2.05, 4.69) is 10.2 Å². The number of hydrogen-bond donors (Lipinski definition) is 1. The number of ether oxygens (including phenoxy) is 1. The Bertz CT molecular complexity index is 489. The molecule has 2 atom stereocenters. The van der Waals surface area contributed by atoms with Crippen molar-refractivity contribution in [1.82, 2.24) is 10.2 Å². The lowest BCUT2D eigenvalue weighted by Gasteiger charge is -2.37. The van der Waals surface area contributed by atoms with Crippen molar-refractivity contribution in [2.24, 2.45) is 5.92 Å². The molecular formula is C16H22N2O2. The smallest absolute Gasteiger partial charge is 0.227 e. The van der Waals surface area contributed by atoms with E-state index < -0.39 is 0 Å². The zero-order chi connectivity index (χ0) is 13.9. The maximum absolute atomic E-state index is 12.6. The number of methoxy groups -OCH3 is 1. The Kier molecular flexibility index (Phi) is 3.92. The molecule has 2 heterocycles. The monoisotopic (exact) mass is 274 g/mol. The normalized spacial score (nSPS) is 25.4. The zero-order valence-electron chi connectivity index (χ0n) is 12.0. The van der Waals surface area contributed by atoms with Crippen molar-refractivity contribution >= 4 is 5.91 Å². The fourth-order valence-electron chi connectivity index (χ4n) is 3.44. The van der Waals surface area contributed by atoms with Crippen molar-refractivity contribution < 1.29 is 9.53 Å². The maximum atomic E-state index is 12.6. The van der Waals surface area contributed by atoms with E-state index in [0.29, 0.717) is 18.4 Å². The third-order valence-electron chi connectivity index (χ3n) is 4.49. The standard InChI is InChI=1S/C16H22N2O2/c1-20-14-6-2-4-12(8-14)9-16(19)18-7-3-5-13-10-17-11-15(13)18/h2,4,6,8,13,15,17H,3,5,7,9-11H2,1H3. The van der Waals surface area contributed by atoms with E-state index in [1.54, 1.807) is 7.11 Å². The van der Waals surface area contributed by atoms with Crippen LogP contribution in [0.15, 0.2) is 24.3 Å². The molecule has 1 aromatic rings. The first-order valence-corrected chi connectivity index (χ1v) is 7.41. The largest absolute Gasteiger partial charge is 0.497 e. The van der Waals surface area contributed by atoms with Gasteiger partial charge in [0.05, 0.1) is 13.5 Å². The Morgan fingerprint density at radius 1 is 1.45 bits per heavy atom. The highest BCUT2D eigenvalue weighted by atomic mass is 16.5. The van der Waals surface area contributed by atoms with Crippen molar-refractivity contribution in [3.05, 3.63) is 29.8 Å². The fraction of sp³-hybridized carbons (Fsp3) is 0.562. The molecule has 4 heteroatoms. The van der Waals surface area contributed by atoms with Crippen molar-refractivity contribution in [3.63, 3.8) is 0 Å². The molecule has 2 fully saturated rings. The minimum Gasteiger partial charge on any atom is -0.497 e. The van der Waals surface area contributed by atoms with Gasteiger partial charge in [-0.3, -0.25) is 4.79 Å². The summed E-state index contributed by atoms with van der Waals surface area (Å²) in [5.41, 5.74) is 1.03. The van der Waals surface area contributed by atoms with E-state index in [1.165, 1.54) is 6.42 Å².